The zero-order valence-electron chi connectivity index (χ0n) is 23.7. The van der Waals surface area contributed by atoms with E-state index in [9.17, 15) is 19.7 Å². The molecule has 11 nitrogen and oxygen atoms in total. The number of likely N-dealkylation sites (tertiary alicyclic amines) is 2. The van der Waals surface area contributed by atoms with Crippen LogP contribution < -0.4 is 10.6 Å². The van der Waals surface area contributed by atoms with E-state index in [0.717, 1.165) is 37.8 Å². The molecule has 3 aliphatic heterocycles. The van der Waals surface area contributed by atoms with Gasteiger partial charge in [0.1, 0.15) is 5.69 Å². The Hall–Kier alpha value is -3.25. The molecule has 1 spiro atoms. The quantitative estimate of drug-likeness (QED) is 0.335. The molecule has 2 amide bonds. The maximum Gasteiger partial charge on any atom is 0.294 e. The fourth-order valence-electron chi connectivity index (χ4n) is 6.27. The molecule has 4 heterocycles. The van der Waals surface area contributed by atoms with Gasteiger partial charge in [-0.25, -0.2) is 0 Å². The number of rotatable bonds is 6. The van der Waals surface area contributed by atoms with Crippen molar-refractivity contribution in [1.82, 2.24) is 14.8 Å². The summed E-state index contributed by atoms with van der Waals surface area (Å²) in [6, 6.07) is 4.55. The normalized spacial score (nSPS) is 21.5. The lowest BCUT2D eigenvalue weighted by Gasteiger charge is -2.40. The van der Waals surface area contributed by atoms with Crippen molar-refractivity contribution < 1.29 is 19.2 Å². The maximum atomic E-state index is 13.9. The van der Waals surface area contributed by atoms with E-state index in [2.05, 4.69) is 45.4 Å². The van der Waals surface area contributed by atoms with E-state index in [1.54, 1.807) is 35.2 Å². The van der Waals surface area contributed by atoms with Crippen LogP contribution in [-0.4, -0.2) is 82.0 Å². The van der Waals surface area contributed by atoms with Crippen molar-refractivity contribution in [2.24, 2.45) is 0 Å². The van der Waals surface area contributed by atoms with E-state index in [4.69, 9.17) is 4.74 Å². The lowest BCUT2D eigenvalue weighted by molar-refractivity contribution is -0.384. The van der Waals surface area contributed by atoms with Crippen LogP contribution in [0.25, 0.3) is 0 Å². The smallest absolute Gasteiger partial charge is 0.294 e. The Morgan fingerprint density at radius 1 is 1.07 bits per heavy atom. The number of carbonyl (C=O) groups excluding carboxylic acids is 2. The summed E-state index contributed by atoms with van der Waals surface area (Å²) in [4.78, 5) is 46.4. The van der Waals surface area contributed by atoms with Crippen LogP contribution in [0, 0.1) is 10.1 Å². The van der Waals surface area contributed by atoms with Crippen molar-refractivity contribution in [3.8, 4) is 0 Å². The number of amides is 2. The molecule has 5 rings (SSSR count). The van der Waals surface area contributed by atoms with Crippen LogP contribution in [0.4, 0.5) is 17.1 Å². The van der Waals surface area contributed by atoms with Crippen LogP contribution >= 0.6 is 15.9 Å². The number of hydrogen-bond donors (Lipinski definition) is 2. The molecular weight excluding hydrogens is 592 g/mol. The number of piperidine rings is 2. The van der Waals surface area contributed by atoms with Crippen LogP contribution in [0.5, 0.6) is 0 Å². The van der Waals surface area contributed by atoms with Crippen LogP contribution in [0.3, 0.4) is 0 Å². The first-order chi connectivity index (χ1) is 19.5. The van der Waals surface area contributed by atoms with E-state index in [0.29, 0.717) is 42.6 Å². The summed E-state index contributed by atoms with van der Waals surface area (Å²) in [5.41, 5.74) is 1.12. The largest absolute Gasteiger partial charge is 0.387 e. The molecule has 3 fully saturated rings. The van der Waals surface area contributed by atoms with Gasteiger partial charge in [-0.3, -0.25) is 24.7 Å². The predicted molar refractivity (Wildman–Crippen MR) is 159 cm³/mol. The van der Waals surface area contributed by atoms with E-state index in [1.165, 1.54) is 12.3 Å². The second-order valence-electron chi connectivity index (χ2n) is 11.9. The Labute approximate surface area is 248 Å². The van der Waals surface area contributed by atoms with Crippen molar-refractivity contribution in [2.45, 2.75) is 69.6 Å². The Morgan fingerprint density at radius 2 is 1.83 bits per heavy atom. The highest BCUT2D eigenvalue weighted by Crippen LogP contribution is 2.44. The molecule has 1 atom stereocenters. The van der Waals surface area contributed by atoms with Crippen molar-refractivity contribution >= 4 is 44.8 Å². The minimum Gasteiger partial charge on any atom is -0.387 e. The van der Waals surface area contributed by atoms with E-state index in [1.807, 2.05) is 0 Å². The molecule has 0 bridgehead atoms. The van der Waals surface area contributed by atoms with E-state index < -0.39 is 4.92 Å². The average molecular weight is 630 g/mol. The van der Waals surface area contributed by atoms with Gasteiger partial charge < -0.3 is 25.2 Å². The van der Waals surface area contributed by atoms with Gasteiger partial charge in [0, 0.05) is 62.2 Å². The number of pyridine rings is 1. The molecule has 1 aromatic carbocycles. The van der Waals surface area contributed by atoms with Crippen molar-refractivity contribution in [2.75, 3.05) is 43.9 Å². The number of carbonyl (C=O) groups is 2. The van der Waals surface area contributed by atoms with Gasteiger partial charge >= 0.3 is 0 Å². The fourth-order valence-corrected chi connectivity index (χ4v) is 6.72. The number of nitro benzene ring substituents is 1. The number of halogens is 1. The molecule has 0 radical (unpaired) electrons. The van der Waals surface area contributed by atoms with Crippen molar-refractivity contribution in [3.63, 3.8) is 0 Å². The summed E-state index contributed by atoms with van der Waals surface area (Å²) in [5, 5.41) is 18.4. The third kappa shape index (κ3) is 6.33. The Balaban J connectivity index is 1.35. The summed E-state index contributed by atoms with van der Waals surface area (Å²) in [5.74, 6) is -0.398. The molecule has 41 heavy (non-hydrogen) atoms. The second-order valence-corrected chi connectivity index (χ2v) is 12.8. The first-order valence-corrected chi connectivity index (χ1v) is 14.9. The minimum absolute atomic E-state index is 0.151. The summed E-state index contributed by atoms with van der Waals surface area (Å²) in [6.07, 6.45) is 8.06. The molecule has 0 unspecified atom stereocenters. The first kappa shape index (κ1) is 29.2. The molecule has 0 aliphatic carbocycles. The first-order valence-electron chi connectivity index (χ1n) is 14.2. The molecule has 220 valence electrons. The second kappa shape index (κ2) is 11.6. The van der Waals surface area contributed by atoms with Gasteiger partial charge in [-0.1, -0.05) is 15.9 Å². The number of benzene rings is 1. The Bertz CT molecular complexity index is 1340. The van der Waals surface area contributed by atoms with Gasteiger partial charge in [-0.05, 0) is 64.5 Å². The number of ether oxygens (including phenoxy) is 1. The Kier molecular flexibility index (Phi) is 8.24. The molecule has 0 saturated carbocycles. The molecular formula is C29H37BrN6O5. The summed E-state index contributed by atoms with van der Waals surface area (Å²) in [7, 11) is 1.77. The van der Waals surface area contributed by atoms with Gasteiger partial charge in [-0.15, -0.1) is 0 Å². The number of nitro groups is 1. The fraction of sp³-hybridized carbons (Fsp3) is 0.552. The van der Waals surface area contributed by atoms with E-state index >= 15 is 0 Å². The number of anilines is 2. The zero-order valence-corrected chi connectivity index (χ0v) is 25.3. The summed E-state index contributed by atoms with van der Waals surface area (Å²) in [6.45, 7) is 6.19. The summed E-state index contributed by atoms with van der Waals surface area (Å²) >= 11 is 3.37. The van der Waals surface area contributed by atoms with Gasteiger partial charge in [0.2, 0.25) is 0 Å². The van der Waals surface area contributed by atoms with Crippen LogP contribution in [0.1, 0.15) is 73.1 Å². The molecule has 3 aliphatic rings. The van der Waals surface area contributed by atoms with E-state index in [-0.39, 0.29) is 46.0 Å². The predicted octanol–water partition coefficient (Wildman–Crippen LogP) is 5.07. The van der Waals surface area contributed by atoms with Gasteiger partial charge in [-0.2, -0.15) is 0 Å². The number of aromatic nitrogens is 1. The van der Waals surface area contributed by atoms with Crippen molar-refractivity contribution in [3.05, 3.63) is 56.3 Å². The van der Waals surface area contributed by atoms with Crippen molar-refractivity contribution in [1.29, 1.82) is 0 Å². The zero-order chi connectivity index (χ0) is 29.4. The maximum absolute atomic E-state index is 13.9. The third-order valence-corrected chi connectivity index (χ3v) is 8.94. The van der Waals surface area contributed by atoms with Crippen LogP contribution in [0.2, 0.25) is 0 Å². The lowest BCUT2D eigenvalue weighted by atomic mass is 9.87. The minimum atomic E-state index is -0.468. The van der Waals surface area contributed by atoms with Gasteiger partial charge in [0.05, 0.1) is 32.9 Å². The SMILES string of the molecule is CNc1cncc(C(=O)N2CCC[C@@H](Nc3c(C(=O)N4CCC5(CC4)CCC(C)(C)O5)cc(Br)cc3[N+](=O)[O-])C2)c1. The number of hydrogen-bond acceptors (Lipinski definition) is 8. The lowest BCUT2D eigenvalue weighted by Crippen LogP contribution is -2.48. The number of nitrogens with one attached hydrogen (secondary N) is 2. The van der Waals surface area contributed by atoms with Gasteiger partial charge in [0.15, 0.2) is 0 Å². The standard InChI is InChI=1S/C29H37BrN6O5/c1-28(2)6-7-29(41-28)8-11-34(12-9-29)27(38)23-14-20(30)15-24(36(39)40)25(23)33-21-5-4-10-35(18-21)26(37)19-13-22(31-3)17-32-16-19/h13-17,21,31,33H,4-12,18H2,1-3H3/t21-/m1/s1. The molecule has 2 aromatic rings. The Morgan fingerprint density at radius 3 is 2.49 bits per heavy atom. The third-order valence-electron chi connectivity index (χ3n) is 8.48. The monoisotopic (exact) mass is 628 g/mol. The molecule has 1 aromatic heterocycles. The highest BCUT2D eigenvalue weighted by Gasteiger charge is 2.46. The highest BCUT2D eigenvalue weighted by molar-refractivity contribution is 9.10. The number of nitrogens with zero attached hydrogens (tertiary/aromatic N) is 4. The van der Waals surface area contributed by atoms with Crippen LogP contribution in [0.15, 0.2) is 35.1 Å². The highest BCUT2D eigenvalue weighted by atomic mass is 79.9. The van der Waals surface area contributed by atoms with Crippen LogP contribution in [-0.2, 0) is 4.74 Å². The summed E-state index contributed by atoms with van der Waals surface area (Å²) < 4.78 is 6.86. The molecule has 2 N–H and O–H groups in total. The van der Waals surface area contributed by atoms with Gasteiger partial charge in [0.25, 0.3) is 17.5 Å². The topological polar surface area (TPSA) is 130 Å². The average Bonchev–Trinajstić information content (AvgIpc) is 3.26. The molecule has 3 saturated heterocycles. The molecule has 12 heteroatoms.